The van der Waals surface area contributed by atoms with Gasteiger partial charge in [-0.1, -0.05) is 13.0 Å². The lowest BCUT2D eigenvalue weighted by molar-refractivity contribution is 0.0693. The van der Waals surface area contributed by atoms with E-state index in [1.165, 1.54) is 20.0 Å². The van der Waals surface area contributed by atoms with E-state index in [0.29, 0.717) is 17.7 Å². The molecule has 1 heterocycles. The zero-order valence-corrected chi connectivity index (χ0v) is 12.4. The van der Waals surface area contributed by atoms with Crippen molar-refractivity contribution >= 4 is 5.97 Å². The third-order valence-corrected chi connectivity index (χ3v) is 4.39. The number of methoxy groups -OCH3 is 1. The van der Waals surface area contributed by atoms with Gasteiger partial charge < -0.3 is 9.84 Å². The summed E-state index contributed by atoms with van der Waals surface area (Å²) in [6, 6.07) is 5.93. The van der Waals surface area contributed by atoms with Gasteiger partial charge in [0.15, 0.2) is 0 Å². The number of carbonyl (C=O) groups is 1. The average Bonchev–Trinajstić information content (AvgIpc) is 2.43. The average molecular weight is 277 g/mol. The molecule has 0 bridgehead atoms. The molecule has 0 spiro atoms. The van der Waals surface area contributed by atoms with Crippen molar-refractivity contribution in [2.75, 3.05) is 13.7 Å². The highest BCUT2D eigenvalue weighted by atomic mass is 16.5. The molecule has 1 N–H and O–H groups in total. The minimum absolute atomic E-state index is 0.219. The maximum Gasteiger partial charge on any atom is 0.339 e. The van der Waals surface area contributed by atoms with Crippen LogP contribution in [-0.2, 0) is 6.54 Å². The maximum atomic E-state index is 11.1. The Labute approximate surface area is 120 Å². The summed E-state index contributed by atoms with van der Waals surface area (Å²) in [7, 11) is 1.51. The summed E-state index contributed by atoms with van der Waals surface area (Å²) in [4.78, 5) is 13.5. The van der Waals surface area contributed by atoms with Crippen molar-refractivity contribution in [3.63, 3.8) is 0 Å². The molecule has 1 aliphatic heterocycles. The summed E-state index contributed by atoms with van der Waals surface area (Å²) >= 11 is 0. The summed E-state index contributed by atoms with van der Waals surface area (Å²) in [6.45, 7) is 6.52. The molecule has 4 nitrogen and oxygen atoms in total. The van der Waals surface area contributed by atoms with E-state index in [2.05, 4.69) is 18.7 Å². The van der Waals surface area contributed by atoms with Crippen molar-refractivity contribution in [2.45, 2.75) is 39.3 Å². The van der Waals surface area contributed by atoms with Gasteiger partial charge >= 0.3 is 5.97 Å². The van der Waals surface area contributed by atoms with Crippen molar-refractivity contribution in [3.8, 4) is 5.75 Å². The molecule has 1 saturated heterocycles. The first kappa shape index (κ1) is 14.9. The van der Waals surface area contributed by atoms with E-state index in [1.54, 1.807) is 6.07 Å². The number of carboxylic acid groups (broad SMARTS) is 1. The van der Waals surface area contributed by atoms with Crippen LogP contribution in [0.2, 0.25) is 0 Å². The Morgan fingerprint density at radius 3 is 2.85 bits per heavy atom. The van der Waals surface area contributed by atoms with Crippen LogP contribution >= 0.6 is 0 Å². The molecule has 4 heteroatoms. The highest BCUT2D eigenvalue weighted by Gasteiger charge is 2.24. The van der Waals surface area contributed by atoms with Crippen LogP contribution in [0.4, 0.5) is 0 Å². The lowest BCUT2D eigenvalue weighted by Gasteiger charge is -2.38. The topological polar surface area (TPSA) is 49.8 Å². The molecule has 2 rings (SSSR count). The number of likely N-dealkylation sites (tertiary alicyclic amines) is 1. The molecule has 1 fully saturated rings. The second-order valence-electron chi connectivity index (χ2n) is 5.67. The molecule has 0 radical (unpaired) electrons. The summed E-state index contributed by atoms with van der Waals surface area (Å²) in [6.07, 6.45) is 2.52. The van der Waals surface area contributed by atoms with Gasteiger partial charge in [-0.05, 0) is 49.9 Å². The van der Waals surface area contributed by atoms with E-state index >= 15 is 0 Å². The number of benzene rings is 1. The van der Waals surface area contributed by atoms with Crippen LogP contribution in [0.5, 0.6) is 5.75 Å². The minimum atomic E-state index is -0.951. The van der Waals surface area contributed by atoms with Gasteiger partial charge in [-0.3, -0.25) is 4.90 Å². The lowest BCUT2D eigenvalue weighted by atomic mass is 9.91. The van der Waals surface area contributed by atoms with Crippen LogP contribution in [0.1, 0.15) is 42.6 Å². The monoisotopic (exact) mass is 277 g/mol. The van der Waals surface area contributed by atoms with E-state index in [4.69, 9.17) is 9.84 Å². The highest BCUT2D eigenvalue weighted by Crippen LogP contribution is 2.26. The smallest absolute Gasteiger partial charge is 0.339 e. The van der Waals surface area contributed by atoms with Crippen molar-refractivity contribution in [2.24, 2.45) is 5.92 Å². The van der Waals surface area contributed by atoms with E-state index in [-0.39, 0.29) is 5.56 Å². The number of aromatic carboxylic acids is 1. The third kappa shape index (κ3) is 3.12. The maximum absolute atomic E-state index is 11.1. The Kier molecular flexibility index (Phi) is 4.65. The predicted octanol–water partition coefficient (Wildman–Crippen LogP) is 3.01. The number of piperidine rings is 1. The zero-order valence-electron chi connectivity index (χ0n) is 12.4. The first-order valence-corrected chi connectivity index (χ1v) is 7.17. The van der Waals surface area contributed by atoms with Crippen molar-refractivity contribution < 1.29 is 14.6 Å². The van der Waals surface area contributed by atoms with Gasteiger partial charge in [0.2, 0.25) is 0 Å². The Balaban J connectivity index is 2.15. The molecule has 0 aromatic heterocycles. The first-order valence-electron chi connectivity index (χ1n) is 7.17. The number of rotatable bonds is 4. The Hall–Kier alpha value is -1.55. The fourth-order valence-corrected chi connectivity index (χ4v) is 2.89. The number of hydrogen-bond acceptors (Lipinski definition) is 3. The summed E-state index contributed by atoms with van der Waals surface area (Å²) in [5.41, 5.74) is 1.32. The van der Waals surface area contributed by atoms with E-state index in [9.17, 15) is 4.79 Å². The molecule has 110 valence electrons. The van der Waals surface area contributed by atoms with Gasteiger partial charge in [-0.15, -0.1) is 0 Å². The van der Waals surface area contributed by atoms with Gasteiger partial charge in [0.1, 0.15) is 11.3 Å². The van der Waals surface area contributed by atoms with Gasteiger partial charge in [-0.2, -0.15) is 0 Å². The van der Waals surface area contributed by atoms with Crippen molar-refractivity contribution in [1.82, 2.24) is 4.90 Å². The van der Waals surface area contributed by atoms with Crippen LogP contribution in [0.3, 0.4) is 0 Å². The largest absolute Gasteiger partial charge is 0.496 e. The Morgan fingerprint density at radius 1 is 1.45 bits per heavy atom. The first-order chi connectivity index (χ1) is 9.52. The molecule has 0 saturated carbocycles. The van der Waals surface area contributed by atoms with Crippen LogP contribution in [-0.4, -0.2) is 35.7 Å². The van der Waals surface area contributed by atoms with Crippen LogP contribution in [0.15, 0.2) is 18.2 Å². The Bertz CT molecular complexity index is 487. The van der Waals surface area contributed by atoms with Crippen molar-refractivity contribution in [3.05, 3.63) is 29.3 Å². The molecular weight excluding hydrogens is 254 g/mol. The van der Waals surface area contributed by atoms with Gasteiger partial charge in [0.25, 0.3) is 0 Å². The molecule has 2 unspecified atom stereocenters. The van der Waals surface area contributed by atoms with E-state index in [0.717, 1.165) is 18.7 Å². The van der Waals surface area contributed by atoms with Gasteiger partial charge in [-0.25, -0.2) is 4.79 Å². The summed E-state index contributed by atoms with van der Waals surface area (Å²) in [5.74, 6) is 0.199. The van der Waals surface area contributed by atoms with Gasteiger partial charge in [0, 0.05) is 12.6 Å². The second kappa shape index (κ2) is 6.27. The molecular formula is C16H23NO3. The molecule has 1 aromatic rings. The molecule has 0 aliphatic carbocycles. The lowest BCUT2D eigenvalue weighted by Crippen LogP contribution is -2.41. The molecule has 20 heavy (non-hydrogen) atoms. The van der Waals surface area contributed by atoms with Crippen LogP contribution in [0, 0.1) is 5.92 Å². The van der Waals surface area contributed by atoms with Crippen molar-refractivity contribution in [1.29, 1.82) is 0 Å². The fourth-order valence-electron chi connectivity index (χ4n) is 2.89. The zero-order chi connectivity index (χ0) is 14.7. The summed E-state index contributed by atoms with van der Waals surface area (Å²) in [5, 5.41) is 9.10. The number of ether oxygens (including phenoxy) is 1. The summed E-state index contributed by atoms with van der Waals surface area (Å²) < 4.78 is 5.19. The second-order valence-corrected chi connectivity index (χ2v) is 5.67. The Morgan fingerprint density at radius 2 is 2.20 bits per heavy atom. The number of nitrogens with zero attached hydrogens (tertiary/aromatic N) is 1. The molecule has 1 aliphatic rings. The minimum Gasteiger partial charge on any atom is -0.496 e. The predicted molar refractivity (Wildman–Crippen MR) is 78.2 cm³/mol. The highest BCUT2D eigenvalue weighted by molar-refractivity contribution is 5.90. The fraction of sp³-hybridized carbons (Fsp3) is 0.562. The number of hydrogen-bond donors (Lipinski definition) is 1. The van der Waals surface area contributed by atoms with Crippen LogP contribution < -0.4 is 4.74 Å². The standard InChI is InChI=1S/C16H23NO3/c1-11-5-4-8-17(12(11)2)10-13-6-7-14(16(18)19)15(9-13)20-3/h6-7,9,11-12H,4-5,8,10H2,1-3H3,(H,18,19). The SMILES string of the molecule is COc1cc(CN2CCCC(C)C2C)ccc1C(=O)O. The molecule has 0 amide bonds. The van der Waals surface area contributed by atoms with E-state index in [1.807, 2.05) is 12.1 Å². The van der Waals surface area contributed by atoms with Gasteiger partial charge in [0.05, 0.1) is 7.11 Å². The molecule has 2 atom stereocenters. The third-order valence-electron chi connectivity index (χ3n) is 4.39. The van der Waals surface area contributed by atoms with Crippen LogP contribution in [0.25, 0.3) is 0 Å². The quantitative estimate of drug-likeness (QED) is 0.919. The van der Waals surface area contributed by atoms with E-state index < -0.39 is 5.97 Å². The normalized spacial score (nSPS) is 23.6. The molecule has 1 aromatic carbocycles. The number of carboxylic acids is 1.